The SMILES string of the molecule is O=C(CCNc1ncnc2nc[nH]c12)N1CCN(c2ccccc2)CC1. The van der Waals surface area contributed by atoms with Crippen molar-refractivity contribution in [2.24, 2.45) is 0 Å². The molecule has 3 heterocycles. The fourth-order valence-corrected chi connectivity index (χ4v) is 3.20. The van der Waals surface area contributed by atoms with E-state index in [1.807, 2.05) is 23.1 Å². The second-order valence-corrected chi connectivity index (χ2v) is 6.20. The zero-order chi connectivity index (χ0) is 17.8. The zero-order valence-electron chi connectivity index (χ0n) is 14.4. The van der Waals surface area contributed by atoms with Crippen LogP contribution in [0.1, 0.15) is 6.42 Å². The largest absolute Gasteiger partial charge is 0.368 e. The van der Waals surface area contributed by atoms with Crippen LogP contribution in [0.15, 0.2) is 43.0 Å². The van der Waals surface area contributed by atoms with Crippen molar-refractivity contribution < 1.29 is 4.79 Å². The lowest BCUT2D eigenvalue weighted by atomic mass is 10.2. The summed E-state index contributed by atoms with van der Waals surface area (Å²) < 4.78 is 0. The Labute approximate surface area is 151 Å². The Hall–Kier alpha value is -3.16. The van der Waals surface area contributed by atoms with Crippen molar-refractivity contribution in [1.82, 2.24) is 24.8 Å². The van der Waals surface area contributed by atoms with Gasteiger partial charge in [-0.3, -0.25) is 4.79 Å². The summed E-state index contributed by atoms with van der Waals surface area (Å²) in [7, 11) is 0. The van der Waals surface area contributed by atoms with E-state index in [4.69, 9.17) is 0 Å². The van der Waals surface area contributed by atoms with Gasteiger partial charge in [-0.2, -0.15) is 0 Å². The molecule has 26 heavy (non-hydrogen) atoms. The van der Waals surface area contributed by atoms with Crippen LogP contribution in [0.5, 0.6) is 0 Å². The molecule has 0 bridgehead atoms. The number of hydrogen-bond donors (Lipinski definition) is 2. The molecule has 0 unspecified atom stereocenters. The summed E-state index contributed by atoms with van der Waals surface area (Å²) in [5.41, 5.74) is 2.59. The standard InChI is InChI=1S/C18H21N7O/c26-15(6-7-19-17-16-18(21-12-20-16)23-13-22-17)25-10-8-24(9-11-25)14-4-2-1-3-5-14/h1-5,12-13H,6-11H2,(H2,19,20,21,22,23). The number of nitrogens with one attached hydrogen (secondary N) is 2. The Morgan fingerprint density at radius 3 is 2.69 bits per heavy atom. The summed E-state index contributed by atoms with van der Waals surface area (Å²) in [6.45, 7) is 3.77. The number of aromatic nitrogens is 4. The van der Waals surface area contributed by atoms with E-state index >= 15 is 0 Å². The normalized spacial score (nSPS) is 14.6. The molecule has 1 aliphatic heterocycles. The number of benzene rings is 1. The summed E-state index contributed by atoms with van der Waals surface area (Å²) in [6, 6.07) is 10.3. The summed E-state index contributed by atoms with van der Waals surface area (Å²) in [5, 5.41) is 3.20. The first-order valence-electron chi connectivity index (χ1n) is 8.77. The maximum absolute atomic E-state index is 12.5. The first-order valence-corrected chi connectivity index (χ1v) is 8.77. The Morgan fingerprint density at radius 2 is 1.88 bits per heavy atom. The Morgan fingerprint density at radius 1 is 1.08 bits per heavy atom. The molecule has 1 aromatic carbocycles. The predicted octanol–water partition coefficient (Wildman–Crippen LogP) is 1.50. The van der Waals surface area contributed by atoms with Gasteiger partial charge in [0.1, 0.15) is 11.8 Å². The number of carbonyl (C=O) groups is 1. The third-order valence-corrected chi connectivity index (χ3v) is 4.61. The molecular weight excluding hydrogens is 330 g/mol. The lowest BCUT2D eigenvalue weighted by Crippen LogP contribution is -2.49. The second kappa shape index (κ2) is 7.38. The van der Waals surface area contributed by atoms with Gasteiger partial charge >= 0.3 is 0 Å². The average molecular weight is 351 g/mol. The van der Waals surface area contributed by atoms with Crippen molar-refractivity contribution in [3.05, 3.63) is 43.0 Å². The maximum Gasteiger partial charge on any atom is 0.224 e. The molecule has 0 saturated carbocycles. The minimum atomic E-state index is 0.167. The lowest BCUT2D eigenvalue weighted by molar-refractivity contribution is -0.131. The van der Waals surface area contributed by atoms with Crippen molar-refractivity contribution in [2.75, 3.05) is 42.9 Å². The fourth-order valence-electron chi connectivity index (χ4n) is 3.20. The van der Waals surface area contributed by atoms with Gasteiger partial charge in [-0.25, -0.2) is 15.0 Å². The van der Waals surface area contributed by atoms with Gasteiger partial charge in [0, 0.05) is 44.8 Å². The number of fused-ring (bicyclic) bond motifs is 1. The van der Waals surface area contributed by atoms with Gasteiger partial charge in [0.15, 0.2) is 11.5 Å². The van der Waals surface area contributed by atoms with Crippen LogP contribution < -0.4 is 10.2 Å². The van der Waals surface area contributed by atoms with Gasteiger partial charge in [0.2, 0.25) is 5.91 Å². The third-order valence-electron chi connectivity index (χ3n) is 4.61. The number of imidazole rings is 1. The van der Waals surface area contributed by atoms with E-state index in [0.717, 1.165) is 31.7 Å². The van der Waals surface area contributed by atoms with E-state index in [1.165, 1.54) is 12.0 Å². The minimum Gasteiger partial charge on any atom is -0.368 e. The smallest absolute Gasteiger partial charge is 0.224 e. The van der Waals surface area contributed by atoms with Crippen molar-refractivity contribution in [3.8, 4) is 0 Å². The molecule has 8 heteroatoms. The van der Waals surface area contributed by atoms with Gasteiger partial charge in [0.25, 0.3) is 0 Å². The highest BCUT2D eigenvalue weighted by Crippen LogP contribution is 2.16. The maximum atomic E-state index is 12.5. The molecule has 8 nitrogen and oxygen atoms in total. The van der Waals surface area contributed by atoms with Crippen LogP contribution in [-0.4, -0.2) is 63.5 Å². The number of anilines is 2. The summed E-state index contributed by atoms with van der Waals surface area (Å²) in [4.78, 5) is 32.1. The van der Waals surface area contributed by atoms with Crippen LogP contribution in [0.2, 0.25) is 0 Å². The van der Waals surface area contributed by atoms with Gasteiger partial charge in [-0.1, -0.05) is 18.2 Å². The Balaban J connectivity index is 1.26. The summed E-state index contributed by atoms with van der Waals surface area (Å²) in [5.74, 6) is 0.842. The van der Waals surface area contributed by atoms with E-state index < -0.39 is 0 Å². The van der Waals surface area contributed by atoms with Crippen molar-refractivity contribution in [1.29, 1.82) is 0 Å². The van der Waals surface area contributed by atoms with Crippen molar-refractivity contribution in [3.63, 3.8) is 0 Å². The lowest BCUT2D eigenvalue weighted by Gasteiger charge is -2.36. The van der Waals surface area contributed by atoms with Crippen LogP contribution in [0.25, 0.3) is 11.2 Å². The number of piperazine rings is 1. The van der Waals surface area contributed by atoms with Crippen molar-refractivity contribution >= 4 is 28.6 Å². The number of nitrogens with zero attached hydrogens (tertiary/aromatic N) is 5. The molecule has 1 aliphatic rings. The van der Waals surface area contributed by atoms with Gasteiger partial charge in [0.05, 0.1) is 6.33 Å². The molecule has 0 aliphatic carbocycles. The van der Waals surface area contributed by atoms with Crippen LogP contribution >= 0.6 is 0 Å². The molecule has 0 radical (unpaired) electrons. The Bertz CT molecular complexity index is 871. The molecule has 1 saturated heterocycles. The van der Waals surface area contributed by atoms with Gasteiger partial charge in [-0.05, 0) is 12.1 Å². The number of hydrogen-bond acceptors (Lipinski definition) is 6. The van der Waals surface area contributed by atoms with E-state index in [1.54, 1.807) is 6.33 Å². The predicted molar refractivity (Wildman–Crippen MR) is 100 cm³/mol. The first-order chi connectivity index (χ1) is 12.8. The van der Waals surface area contributed by atoms with Crippen LogP contribution in [0, 0.1) is 0 Å². The molecule has 2 N–H and O–H groups in total. The number of aromatic amines is 1. The Kier molecular flexibility index (Phi) is 4.63. The van der Waals surface area contributed by atoms with Gasteiger partial charge in [-0.15, -0.1) is 0 Å². The molecule has 1 amide bonds. The van der Waals surface area contributed by atoms with Crippen LogP contribution in [-0.2, 0) is 4.79 Å². The minimum absolute atomic E-state index is 0.167. The van der Waals surface area contributed by atoms with Crippen LogP contribution in [0.3, 0.4) is 0 Å². The monoisotopic (exact) mass is 351 g/mol. The van der Waals surface area contributed by atoms with E-state index in [-0.39, 0.29) is 5.91 Å². The second-order valence-electron chi connectivity index (χ2n) is 6.20. The highest BCUT2D eigenvalue weighted by atomic mass is 16.2. The van der Waals surface area contributed by atoms with Gasteiger partial charge < -0.3 is 20.1 Å². The molecule has 2 aromatic heterocycles. The van der Waals surface area contributed by atoms with E-state index in [9.17, 15) is 4.79 Å². The molecule has 3 aromatic rings. The summed E-state index contributed by atoms with van der Waals surface area (Å²) >= 11 is 0. The highest BCUT2D eigenvalue weighted by molar-refractivity contribution is 5.82. The number of H-pyrrole nitrogens is 1. The molecule has 0 spiro atoms. The fraction of sp³-hybridized carbons (Fsp3) is 0.333. The average Bonchev–Trinajstić information content (AvgIpc) is 3.18. The number of para-hydroxylation sites is 1. The van der Waals surface area contributed by atoms with E-state index in [0.29, 0.717) is 24.4 Å². The van der Waals surface area contributed by atoms with Crippen molar-refractivity contribution in [2.45, 2.75) is 6.42 Å². The molecule has 1 fully saturated rings. The number of carbonyl (C=O) groups excluding carboxylic acids is 1. The zero-order valence-corrected chi connectivity index (χ0v) is 14.4. The molecule has 0 atom stereocenters. The quantitative estimate of drug-likeness (QED) is 0.724. The van der Waals surface area contributed by atoms with E-state index in [2.05, 4.69) is 42.3 Å². The summed E-state index contributed by atoms with van der Waals surface area (Å²) in [6.07, 6.45) is 3.49. The first kappa shape index (κ1) is 16.3. The number of rotatable bonds is 5. The number of amides is 1. The van der Waals surface area contributed by atoms with Crippen LogP contribution in [0.4, 0.5) is 11.5 Å². The molecule has 4 rings (SSSR count). The third kappa shape index (κ3) is 3.44. The molecule has 134 valence electrons. The molecular formula is C18H21N7O. The topological polar surface area (TPSA) is 90.0 Å². The highest BCUT2D eigenvalue weighted by Gasteiger charge is 2.20.